The molecule has 2 aromatic heterocycles. The zero-order valence-corrected chi connectivity index (χ0v) is 13.0. The molecule has 0 unspecified atom stereocenters. The lowest BCUT2D eigenvalue weighted by Gasteiger charge is -2.13. The highest BCUT2D eigenvalue weighted by Crippen LogP contribution is 2.26. The van der Waals surface area contributed by atoms with Crippen LogP contribution in [0, 0.1) is 0 Å². The molecule has 1 N–H and O–H groups in total. The van der Waals surface area contributed by atoms with E-state index < -0.39 is 0 Å². The van der Waals surface area contributed by atoms with E-state index in [1.165, 1.54) is 0 Å². The molecule has 3 aromatic rings. The van der Waals surface area contributed by atoms with Crippen LogP contribution in [0.2, 0.25) is 0 Å². The predicted molar refractivity (Wildman–Crippen MR) is 90.3 cm³/mol. The molecule has 1 aliphatic heterocycles. The molecule has 22 heavy (non-hydrogen) atoms. The molecule has 1 atom stereocenters. The summed E-state index contributed by atoms with van der Waals surface area (Å²) in [4.78, 5) is 9.42. The minimum Gasteiger partial charge on any atom is -0.376 e. The van der Waals surface area contributed by atoms with E-state index in [1.54, 1.807) is 11.3 Å². The van der Waals surface area contributed by atoms with Gasteiger partial charge in [-0.2, -0.15) is 11.3 Å². The molecule has 5 heteroatoms. The number of thiophene rings is 1. The van der Waals surface area contributed by atoms with Gasteiger partial charge in [0.15, 0.2) is 5.82 Å². The Bertz CT molecular complexity index is 767. The first kappa shape index (κ1) is 13.7. The van der Waals surface area contributed by atoms with Crippen LogP contribution in [0.3, 0.4) is 0 Å². The third-order valence-corrected chi connectivity index (χ3v) is 4.59. The van der Waals surface area contributed by atoms with Crippen LogP contribution in [-0.2, 0) is 4.74 Å². The van der Waals surface area contributed by atoms with E-state index in [0.717, 1.165) is 54.1 Å². The summed E-state index contributed by atoms with van der Waals surface area (Å²) < 4.78 is 5.68. The van der Waals surface area contributed by atoms with Crippen LogP contribution in [0.4, 0.5) is 5.82 Å². The van der Waals surface area contributed by atoms with E-state index in [4.69, 9.17) is 9.72 Å². The first-order valence-electron chi connectivity index (χ1n) is 7.55. The van der Waals surface area contributed by atoms with E-state index in [1.807, 2.05) is 23.6 Å². The quantitative estimate of drug-likeness (QED) is 0.792. The van der Waals surface area contributed by atoms with Crippen molar-refractivity contribution in [2.45, 2.75) is 18.9 Å². The number of anilines is 1. The maximum Gasteiger partial charge on any atom is 0.162 e. The van der Waals surface area contributed by atoms with Crippen molar-refractivity contribution in [3.8, 4) is 11.4 Å². The monoisotopic (exact) mass is 311 g/mol. The Morgan fingerprint density at radius 2 is 2.18 bits per heavy atom. The summed E-state index contributed by atoms with van der Waals surface area (Å²) in [6, 6.07) is 10.2. The van der Waals surface area contributed by atoms with E-state index in [2.05, 4.69) is 27.8 Å². The first-order valence-corrected chi connectivity index (χ1v) is 8.49. The number of para-hydroxylation sites is 1. The fraction of sp³-hybridized carbons (Fsp3) is 0.294. The second kappa shape index (κ2) is 6.02. The van der Waals surface area contributed by atoms with E-state index in [0.29, 0.717) is 6.10 Å². The Morgan fingerprint density at radius 3 is 3.00 bits per heavy atom. The Kier molecular flexibility index (Phi) is 3.74. The number of hydrogen-bond donors (Lipinski definition) is 1. The summed E-state index contributed by atoms with van der Waals surface area (Å²) >= 11 is 1.66. The van der Waals surface area contributed by atoms with Crippen LogP contribution in [0.5, 0.6) is 0 Å². The number of aromatic nitrogens is 2. The molecule has 112 valence electrons. The van der Waals surface area contributed by atoms with E-state index in [9.17, 15) is 0 Å². The third-order valence-electron chi connectivity index (χ3n) is 3.90. The van der Waals surface area contributed by atoms with Crippen molar-refractivity contribution in [3.63, 3.8) is 0 Å². The standard InChI is InChI=1S/C17H17N3OS/c1-2-6-15-14(5-1)17(18-10-13-4-3-8-21-13)20-16(19-15)12-7-9-22-11-12/h1-2,5-7,9,11,13H,3-4,8,10H2,(H,18,19,20)/t13-/m1/s1. The van der Waals surface area contributed by atoms with Gasteiger partial charge < -0.3 is 10.1 Å². The predicted octanol–water partition coefficient (Wildman–Crippen LogP) is 3.95. The molecule has 0 bridgehead atoms. The zero-order chi connectivity index (χ0) is 14.8. The number of hydrogen-bond acceptors (Lipinski definition) is 5. The summed E-state index contributed by atoms with van der Waals surface area (Å²) in [5.74, 6) is 1.66. The van der Waals surface area contributed by atoms with E-state index >= 15 is 0 Å². The molecule has 4 nitrogen and oxygen atoms in total. The van der Waals surface area contributed by atoms with Crippen LogP contribution in [-0.4, -0.2) is 29.2 Å². The van der Waals surface area contributed by atoms with Crippen molar-refractivity contribution in [1.29, 1.82) is 0 Å². The van der Waals surface area contributed by atoms with Crippen molar-refractivity contribution < 1.29 is 4.74 Å². The Morgan fingerprint density at radius 1 is 1.23 bits per heavy atom. The normalized spacial score (nSPS) is 17.9. The van der Waals surface area contributed by atoms with Crippen molar-refractivity contribution in [2.75, 3.05) is 18.5 Å². The van der Waals surface area contributed by atoms with Crippen molar-refractivity contribution in [3.05, 3.63) is 41.1 Å². The molecule has 1 saturated heterocycles. The molecule has 0 amide bonds. The van der Waals surface area contributed by atoms with Gasteiger partial charge in [0.05, 0.1) is 11.6 Å². The Balaban J connectivity index is 1.70. The summed E-state index contributed by atoms with van der Waals surface area (Å²) in [7, 11) is 0. The van der Waals surface area contributed by atoms with Crippen molar-refractivity contribution >= 4 is 28.1 Å². The number of rotatable bonds is 4. The number of nitrogens with one attached hydrogen (secondary N) is 1. The lowest BCUT2D eigenvalue weighted by molar-refractivity contribution is 0.120. The molecular weight excluding hydrogens is 294 g/mol. The third kappa shape index (κ3) is 2.69. The zero-order valence-electron chi connectivity index (χ0n) is 12.2. The smallest absolute Gasteiger partial charge is 0.162 e. The second-order valence-electron chi connectivity index (χ2n) is 5.44. The summed E-state index contributed by atoms with van der Waals surface area (Å²) in [6.07, 6.45) is 2.56. The molecule has 0 spiro atoms. The molecule has 1 fully saturated rings. The van der Waals surface area contributed by atoms with Crippen molar-refractivity contribution in [2.24, 2.45) is 0 Å². The molecule has 0 saturated carbocycles. The number of benzene rings is 1. The van der Waals surface area contributed by atoms with Gasteiger partial charge >= 0.3 is 0 Å². The van der Waals surface area contributed by atoms with Gasteiger partial charge in [0, 0.05) is 29.5 Å². The van der Waals surface area contributed by atoms with Gasteiger partial charge in [-0.3, -0.25) is 0 Å². The van der Waals surface area contributed by atoms with Gasteiger partial charge in [0.2, 0.25) is 0 Å². The minimum absolute atomic E-state index is 0.290. The molecule has 3 heterocycles. The molecule has 1 aromatic carbocycles. The van der Waals surface area contributed by atoms with Gasteiger partial charge in [-0.15, -0.1) is 0 Å². The Labute approximate surface area is 133 Å². The summed E-state index contributed by atoms with van der Waals surface area (Å²) in [5, 5.41) is 8.64. The average Bonchev–Trinajstić information content (AvgIpc) is 3.25. The van der Waals surface area contributed by atoms with Gasteiger partial charge in [0.1, 0.15) is 5.82 Å². The maximum atomic E-state index is 5.68. The molecule has 4 rings (SSSR count). The fourth-order valence-corrected chi connectivity index (χ4v) is 3.38. The number of fused-ring (bicyclic) bond motifs is 1. The molecule has 1 aliphatic rings. The van der Waals surface area contributed by atoms with Gasteiger partial charge in [-0.25, -0.2) is 9.97 Å². The lowest BCUT2D eigenvalue weighted by atomic mass is 10.2. The molecule has 0 aliphatic carbocycles. The number of ether oxygens (including phenoxy) is 1. The van der Waals surface area contributed by atoms with Crippen LogP contribution >= 0.6 is 11.3 Å². The van der Waals surface area contributed by atoms with E-state index in [-0.39, 0.29) is 0 Å². The highest BCUT2D eigenvalue weighted by molar-refractivity contribution is 7.08. The van der Waals surface area contributed by atoms with Crippen LogP contribution in [0.15, 0.2) is 41.1 Å². The molecular formula is C17H17N3OS. The second-order valence-corrected chi connectivity index (χ2v) is 6.22. The van der Waals surface area contributed by atoms with Gasteiger partial charge in [0.25, 0.3) is 0 Å². The largest absolute Gasteiger partial charge is 0.376 e. The highest BCUT2D eigenvalue weighted by atomic mass is 32.1. The highest BCUT2D eigenvalue weighted by Gasteiger charge is 2.16. The Hall–Kier alpha value is -1.98. The topological polar surface area (TPSA) is 47.0 Å². The number of nitrogens with zero attached hydrogens (tertiary/aromatic N) is 2. The lowest BCUT2D eigenvalue weighted by Crippen LogP contribution is -2.19. The fourth-order valence-electron chi connectivity index (χ4n) is 2.75. The van der Waals surface area contributed by atoms with Crippen molar-refractivity contribution in [1.82, 2.24) is 9.97 Å². The van der Waals surface area contributed by atoms with Gasteiger partial charge in [-0.1, -0.05) is 12.1 Å². The maximum absolute atomic E-state index is 5.68. The van der Waals surface area contributed by atoms with Crippen LogP contribution < -0.4 is 5.32 Å². The van der Waals surface area contributed by atoms with Gasteiger partial charge in [-0.05, 0) is 36.4 Å². The van der Waals surface area contributed by atoms with Crippen LogP contribution in [0.1, 0.15) is 12.8 Å². The average molecular weight is 311 g/mol. The first-order chi connectivity index (χ1) is 10.9. The summed E-state index contributed by atoms with van der Waals surface area (Å²) in [6.45, 7) is 1.67. The van der Waals surface area contributed by atoms with Crippen LogP contribution in [0.25, 0.3) is 22.3 Å². The molecule has 0 radical (unpaired) electrons. The SMILES string of the molecule is c1ccc2c(NC[C@H]3CCCO3)nc(-c3ccsc3)nc2c1. The minimum atomic E-state index is 0.290. The summed E-state index contributed by atoms with van der Waals surface area (Å²) in [5.41, 5.74) is 2.03.